The third-order valence-corrected chi connectivity index (χ3v) is 8.84. The molecule has 0 aliphatic rings. The van der Waals surface area contributed by atoms with Crippen molar-refractivity contribution in [3.8, 4) is 0 Å². The first-order valence-electron chi connectivity index (χ1n) is 10.6. The molecule has 10 unspecified atom stereocenters. The van der Waals surface area contributed by atoms with Gasteiger partial charge in [0.15, 0.2) is 54.9 Å². The fourth-order valence-corrected chi connectivity index (χ4v) is 5.56. The van der Waals surface area contributed by atoms with Gasteiger partial charge >= 0.3 is 32.7 Å². The highest BCUT2D eigenvalue weighted by Crippen LogP contribution is 2.57. The Kier molecular flexibility index (Phi) is 13.8. The summed E-state index contributed by atoms with van der Waals surface area (Å²) in [6.45, 7) is 0. The Labute approximate surface area is 223 Å². The highest BCUT2D eigenvalue weighted by molar-refractivity contribution is 6.62. The Morgan fingerprint density at radius 2 is 0.714 bits per heavy atom. The molecule has 0 spiro atoms. The van der Waals surface area contributed by atoms with Gasteiger partial charge in [-0.1, -0.05) is 0 Å². The van der Waals surface area contributed by atoms with E-state index >= 15 is 0 Å². The molecule has 0 aliphatic carbocycles. The van der Waals surface area contributed by atoms with Gasteiger partial charge in [-0.3, -0.25) is 0 Å². The zero-order chi connectivity index (χ0) is 34.0. The van der Waals surface area contributed by atoms with Gasteiger partial charge in [-0.05, 0) is 0 Å². The van der Waals surface area contributed by atoms with Crippen molar-refractivity contribution in [2.75, 3.05) is 21.3 Å². The van der Waals surface area contributed by atoms with E-state index < -0.39 is 100 Å². The first kappa shape index (κ1) is 40.7. The van der Waals surface area contributed by atoms with E-state index in [1.54, 1.807) is 0 Å². The summed E-state index contributed by atoms with van der Waals surface area (Å²) >= 11 is 0. The van der Waals surface area contributed by atoms with E-state index in [4.69, 9.17) is 0 Å². The van der Waals surface area contributed by atoms with E-state index in [1.807, 2.05) is 0 Å². The van der Waals surface area contributed by atoms with Gasteiger partial charge in [0.25, 0.3) is 6.43 Å². The SMILES string of the molecule is CO[Si](OC)(OC)C(C(F)C(F)(F)C(F)(F)C(F)(F)C(F)C(F)C(F)C(F)C(F)C(F)C(F)C(F)C(F)F)C(F)(F)F. The predicted octanol–water partition coefficient (Wildman–Crippen LogP) is 7.01. The van der Waals surface area contributed by atoms with Crippen LogP contribution in [0.15, 0.2) is 0 Å². The second kappa shape index (κ2) is 14.2. The van der Waals surface area contributed by atoms with Crippen molar-refractivity contribution in [3.05, 3.63) is 0 Å². The van der Waals surface area contributed by atoms with Crippen LogP contribution < -0.4 is 0 Å². The van der Waals surface area contributed by atoms with Crippen LogP contribution in [0.4, 0.5) is 87.8 Å². The molecule has 0 amide bonds. The van der Waals surface area contributed by atoms with Crippen molar-refractivity contribution in [1.29, 1.82) is 0 Å². The number of hydrogen-bond acceptors (Lipinski definition) is 3. The fraction of sp³-hybridized carbons (Fsp3) is 1.00. The van der Waals surface area contributed by atoms with Gasteiger partial charge < -0.3 is 13.3 Å². The molecule has 10 atom stereocenters. The molecule has 0 aromatic heterocycles. The fourth-order valence-electron chi connectivity index (χ4n) is 3.33. The number of alkyl halides is 20. The summed E-state index contributed by atoms with van der Waals surface area (Å²) in [4.78, 5) is 0. The van der Waals surface area contributed by atoms with E-state index in [0.717, 1.165) is 0 Å². The first-order valence-corrected chi connectivity index (χ1v) is 12.4. The zero-order valence-corrected chi connectivity index (χ0v) is 21.6. The van der Waals surface area contributed by atoms with Gasteiger partial charge in [-0.25, -0.2) is 48.3 Å². The van der Waals surface area contributed by atoms with Crippen molar-refractivity contribution in [3.63, 3.8) is 0 Å². The van der Waals surface area contributed by atoms with E-state index in [0.29, 0.717) is 0 Å². The van der Waals surface area contributed by atoms with Crippen LogP contribution in [0, 0.1) is 0 Å². The molecule has 0 heterocycles. The van der Waals surface area contributed by atoms with Crippen LogP contribution in [0.5, 0.6) is 0 Å². The Bertz CT molecular complexity index is 820. The highest BCUT2D eigenvalue weighted by Gasteiger charge is 2.82. The topological polar surface area (TPSA) is 27.7 Å². The Morgan fingerprint density at radius 3 is 1.00 bits per heavy atom. The first-order chi connectivity index (χ1) is 18.7. The normalized spacial score (nSPS) is 21.7. The Hall–Kier alpha value is -1.30. The lowest BCUT2D eigenvalue weighted by molar-refractivity contribution is -0.349. The Balaban J connectivity index is 6.39. The van der Waals surface area contributed by atoms with Gasteiger partial charge in [0.2, 0.25) is 6.17 Å². The molecule has 254 valence electrons. The summed E-state index contributed by atoms with van der Waals surface area (Å²) in [5.74, 6) is -22.7. The monoisotopic (exact) mass is 692 g/mol. The van der Waals surface area contributed by atoms with Crippen LogP contribution in [0.3, 0.4) is 0 Å². The van der Waals surface area contributed by atoms with Crippen LogP contribution in [-0.2, 0) is 13.3 Å². The lowest BCUT2D eigenvalue weighted by atomic mass is 9.90. The van der Waals surface area contributed by atoms with Gasteiger partial charge in [0.1, 0.15) is 0 Å². The molecule has 0 saturated heterocycles. The molecule has 0 aromatic carbocycles. The molecule has 0 aromatic rings. The van der Waals surface area contributed by atoms with Crippen LogP contribution in [-0.4, -0.2) is 116 Å². The molecule has 0 saturated carbocycles. The molecule has 3 nitrogen and oxygen atoms in total. The van der Waals surface area contributed by atoms with Crippen LogP contribution in [0.25, 0.3) is 0 Å². The molecule has 24 heteroatoms. The average Bonchev–Trinajstić information content (AvgIpc) is 2.90. The van der Waals surface area contributed by atoms with E-state index in [2.05, 4.69) is 13.3 Å². The van der Waals surface area contributed by atoms with Crippen molar-refractivity contribution >= 4 is 8.80 Å². The van der Waals surface area contributed by atoms with Gasteiger partial charge in [0.05, 0.1) is 0 Å². The summed E-state index contributed by atoms with van der Waals surface area (Å²) in [5, 5.41) is 0. The maximum Gasteiger partial charge on any atom is 0.516 e. The molecule has 42 heavy (non-hydrogen) atoms. The van der Waals surface area contributed by atoms with Crippen molar-refractivity contribution in [2.45, 2.75) is 91.5 Å². The molecule has 0 aliphatic heterocycles. The highest BCUT2D eigenvalue weighted by atomic mass is 28.4. The number of halogens is 20. The lowest BCUT2D eigenvalue weighted by Gasteiger charge is -2.41. The average molecular weight is 692 g/mol. The second-order valence-electron chi connectivity index (χ2n) is 8.30. The largest absolute Gasteiger partial charge is 0.516 e. The van der Waals surface area contributed by atoms with Crippen LogP contribution >= 0.6 is 0 Å². The quantitative estimate of drug-likeness (QED) is 0.121. The van der Waals surface area contributed by atoms with Crippen LogP contribution in [0.1, 0.15) is 0 Å². The number of hydrogen-bond donors (Lipinski definition) is 0. The van der Waals surface area contributed by atoms with E-state index in [9.17, 15) is 87.8 Å². The predicted molar refractivity (Wildman–Crippen MR) is 101 cm³/mol. The van der Waals surface area contributed by atoms with E-state index in [1.165, 1.54) is 0 Å². The number of rotatable bonds is 17. The Morgan fingerprint density at radius 1 is 0.429 bits per heavy atom. The summed E-state index contributed by atoms with van der Waals surface area (Å²) in [6, 6.07) is 0. The standard InChI is InChI=1S/C18H20F20O3Si/c1-39-42(40-2,41-3)13(17(34,35)36)12(27)16(32,33)18(37,38)15(30,31)11(26)9(24)7(22)5(20)4(19)6(21)8(23)10(25)14(28)29/h4-14H,1-3H3. The minimum absolute atomic E-state index is 0.197. The minimum atomic E-state index is -7.78. The van der Waals surface area contributed by atoms with Gasteiger partial charge in [-0.15, -0.1) is 0 Å². The maximum absolute atomic E-state index is 14.5. The molecule has 0 radical (unpaired) electrons. The third-order valence-electron chi connectivity index (χ3n) is 5.76. The molecule has 0 N–H and O–H groups in total. The lowest BCUT2D eigenvalue weighted by Crippen LogP contribution is -2.68. The van der Waals surface area contributed by atoms with Crippen molar-refractivity contribution in [2.24, 2.45) is 0 Å². The molecule has 0 bridgehead atoms. The minimum Gasteiger partial charge on any atom is -0.376 e. The summed E-state index contributed by atoms with van der Waals surface area (Å²) < 4.78 is 285. The van der Waals surface area contributed by atoms with Crippen LogP contribution in [0.2, 0.25) is 5.54 Å². The smallest absolute Gasteiger partial charge is 0.376 e. The zero-order valence-electron chi connectivity index (χ0n) is 20.6. The van der Waals surface area contributed by atoms with E-state index in [-0.39, 0.29) is 21.3 Å². The van der Waals surface area contributed by atoms with Crippen molar-refractivity contribution < 1.29 is 101 Å². The van der Waals surface area contributed by atoms with Gasteiger partial charge in [-0.2, -0.15) is 39.5 Å². The molecular formula is C18H20F20O3Si. The second-order valence-corrected chi connectivity index (χ2v) is 11.4. The molecule has 0 rings (SSSR count). The summed E-state index contributed by atoms with van der Waals surface area (Å²) in [7, 11) is -5.35. The summed E-state index contributed by atoms with van der Waals surface area (Å²) in [5.41, 5.74) is -4.64. The molecule has 0 fully saturated rings. The summed E-state index contributed by atoms with van der Waals surface area (Å²) in [6.07, 6.45) is -55.0. The maximum atomic E-state index is 14.5. The van der Waals surface area contributed by atoms with Gasteiger partial charge in [0, 0.05) is 21.3 Å². The third kappa shape index (κ3) is 7.49. The molecular weight excluding hydrogens is 672 g/mol. The van der Waals surface area contributed by atoms with Crippen molar-refractivity contribution in [1.82, 2.24) is 0 Å².